The maximum atomic E-state index is 13.0. The van der Waals surface area contributed by atoms with E-state index in [9.17, 15) is 19.7 Å². The zero-order valence-electron chi connectivity index (χ0n) is 15.8. The molecule has 3 rings (SSSR count). The van der Waals surface area contributed by atoms with Gasteiger partial charge in [0.15, 0.2) is 5.75 Å². The third kappa shape index (κ3) is 4.69. The summed E-state index contributed by atoms with van der Waals surface area (Å²) in [5, 5.41) is 11.2. The normalized spacial score (nSPS) is 14.7. The smallest absolute Gasteiger partial charge is 0.339 e. The van der Waals surface area contributed by atoms with Crippen molar-refractivity contribution >= 4 is 17.6 Å². The van der Waals surface area contributed by atoms with Crippen LogP contribution < -0.4 is 4.74 Å². The molecule has 0 saturated carbocycles. The number of morpholine rings is 1. The van der Waals surface area contributed by atoms with Crippen LogP contribution in [0.15, 0.2) is 48.5 Å². The molecule has 9 heteroatoms. The Bertz CT molecular complexity index is 895. The van der Waals surface area contributed by atoms with E-state index in [2.05, 4.69) is 0 Å². The largest absolute Gasteiger partial charge is 0.490 e. The summed E-state index contributed by atoms with van der Waals surface area (Å²) in [7, 11) is 1.30. The van der Waals surface area contributed by atoms with Crippen molar-refractivity contribution in [3.63, 3.8) is 0 Å². The maximum absolute atomic E-state index is 13.0. The van der Waals surface area contributed by atoms with Gasteiger partial charge in [-0.3, -0.25) is 14.9 Å². The molecule has 0 aliphatic carbocycles. The summed E-state index contributed by atoms with van der Waals surface area (Å²) >= 11 is 0. The number of nitro groups is 1. The van der Waals surface area contributed by atoms with Crippen molar-refractivity contribution in [3.8, 4) is 5.75 Å². The number of carbonyl (C=O) groups is 2. The van der Waals surface area contributed by atoms with Crippen molar-refractivity contribution in [3.05, 3.63) is 69.8 Å². The van der Waals surface area contributed by atoms with E-state index in [0.29, 0.717) is 31.9 Å². The molecule has 152 valence electrons. The molecule has 1 heterocycles. The summed E-state index contributed by atoms with van der Waals surface area (Å²) in [5.74, 6) is -1.18. The van der Waals surface area contributed by atoms with Crippen molar-refractivity contribution in [2.75, 3.05) is 33.4 Å². The van der Waals surface area contributed by atoms with Gasteiger partial charge in [-0.15, -0.1) is 0 Å². The number of methoxy groups -OCH3 is 1. The van der Waals surface area contributed by atoms with Crippen LogP contribution in [-0.4, -0.2) is 55.1 Å². The molecule has 2 aromatic rings. The lowest BCUT2D eigenvalue weighted by Gasteiger charge is -2.30. The second-order valence-electron chi connectivity index (χ2n) is 6.28. The third-order valence-electron chi connectivity index (χ3n) is 4.49. The van der Waals surface area contributed by atoms with Gasteiger partial charge in [-0.25, -0.2) is 4.79 Å². The standard InChI is InChI=1S/C20H20N2O7/c1-27-17-8-7-15(13-16(17)22(25)26)20(24)29-18(14-5-3-2-4-6-14)19(23)21-9-11-28-12-10-21/h2-8,13,18H,9-12H2,1H3/t18-/m1/s1. The molecular formula is C20H20N2O7. The maximum Gasteiger partial charge on any atom is 0.339 e. The molecule has 1 aliphatic heterocycles. The highest BCUT2D eigenvalue weighted by atomic mass is 16.6. The molecule has 1 fully saturated rings. The van der Waals surface area contributed by atoms with E-state index in [-0.39, 0.29) is 22.9 Å². The van der Waals surface area contributed by atoms with E-state index in [1.165, 1.54) is 19.2 Å². The molecule has 29 heavy (non-hydrogen) atoms. The Kier molecular flexibility index (Phi) is 6.40. The van der Waals surface area contributed by atoms with Gasteiger partial charge in [0.05, 0.1) is 30.8 Å². The molecular weight excluding hydrogens is 380 g/mol. The van der Waals surface area contributed by atoms with Gasteiger partial charge in [0.25, 0.3) is 5.91 Å². The van der Waals surface area contributed by atoms with E-state index in [1.54, 1.807) is 35.2 Å². The average molecular weight is 400 g/mol. The Morgan fingerprint density at radius 2 is 1.83 bits per heavy atom. The van der Waals surface area contributed by atoms with Gasteiger partial charge in [-0.1, -0.05) is 30.3 Å². The number of nitrogens with zero attached hydrogens (tertiary/aromatic N) is 2. The van der Waals surface area contributed by atoms with E-state index >= 15 is 0 Å². The number of rotatable bonds is 6. The number of carbonyl (C=O) groups excluding carboxylic acids is 2. The Labute approximate surface area is 166 Å². The van der Waals surface area contributed by atoms with Gasteiger partial charge < -0.3 is 19.1 Å². The number of ether oxygens (including phenoxy) is 3. The van der Waals surface area contributed by atoms with Crippen LogP contribution >= 0.6 is 0 Å². The first-order valence-electron chi connectivity index (χ1n) is 8.96. The predicted molar refractivity (Wildman–Crippen MR) is 102 cm³/mol. The number of hydrogen-bond donors (Lipinski definition) is 0. The fourth-order valence-electron chi connectivity index (χ4n) is 2.97. The number of hydrogen-bond acceptors (Lipinski definition) is 7. The lowest BCUT2D eigenvalue weighted by Crippen LogP contribution is -2.44. The Hall–Kier alpha value is -3.46. The van der Waals surface area contributed by atoms with Crippen molar-refractivity contribution < 1.29 is 28.7 Å². The highest BCUT2D eigenvalue weighted by molar-refractivity contribution is 5.93. The van der Waals surface area contributed by atoms with Crippen LogP contribution in [-0.2, 0) is 14.3 Å². The fraction of sp³-hybridized carbons (Fsp3) is 0.300. The van der Waals surface area contributed by atoms with Crippen LogP contribution in [0.3, 0.4) is 0 Å². The Morgan fingerprint density at radius 1 is 1.14 bits per heavy atom. The molecule has 0 bridgehead atoms. The highest BCUT2D eigenvalue weighted by Crippen LogP contribution is 2.29. The van der Waals surface area contributed by atoms with Crippen LogP contribution in [0.25, 0.3) is 0 Å². The van der Waals surface area contributed by atoms with Crippen LogP contribution in [0.2, 0.25) is 0 Å². The third-order valence-corrected chi connectivity index (χ3v) is 4.49. The van der Waals surface area contributed by atoms with Crippen LogP contribution in [0.1, 0.15) is 22.0 Å². The zero-order valence-corrected chi connectivity index (χ0v) is 15.8. The minimum Gasteiger partial charge on any atom is -0.490 e. The van der Waals surface area contributed by atoms with Crippen LogP contribution in [0.4, 0.5) is 5.69 Å². The average Bonchev–Trinajstić information content (AvgIpc) is 2.77. The van der Waals surface area contributed by atoms with E-state index in [1.807, 2.05) is 0 Å². The molecule has 0 unspecified atom stereocenters. The second kappa shape index (κ2) is 9.16. The molecule has 0 spiro atoms. The van der Waals surface area contributed by atoms with Gasteiger partial charge in [-0.2, -0.15) is 0 Å². The first-order valence-corrected chi connectivity index (χ1v) is 8.96. The predicted octanol–water partition coefficient (Wildman–Crippen LogP) is 2.36. The van der Waals surface area contributed by atoms with Crippen molar-refractivity contribution in [1.29, 1.82) is 0 Å². The molecule has 0 aromatic heterocycles. The van der Waals surface area contributed by atoms with Crippen molar-refractivity contribution in [2.24, 2.45) is 0 Å². The molecule has 1 saturated heterocycles. The molecule has 1 aliphatic rings. The molecule has 0 radical (unpaired) electrons. The number of benzene rings is 2. The number of amides is 1. The first kappa shape index (κ1) is 20.3. The lowest BCUT2D eigenvalue weighted by molar-refractivity contribution is -0.385. The molecule has 1 atom stereocenters. The van der Waals surface area contributed by atoms with E-state index in [4.69, 9.17) is 14.2 Å². The zero-order chi connectivity index (χ0) is 20.8. The summed E-state index contributed by atoms with van der Waals surface area (Å²) in [6, 6.07) is 12.4. The van der Waals surface area contributed by atoms with Gasteiger partial charge >= 0.3 is 11.7 Å². The van der Waals surface area contributed by atoms with Gasteiger partial charge in [-0.05, 0) is 12.1 Å². The summed E-state index contributed by atoms with van der Waals surface area (Å²) in [6.45, 7) is 1.61. The summed E-state index contributed by atoms with van der Waals surface area (Å²) in [4.78, 5) is 37.9. The summed E-state index contributed by atoms with van der Waals surface area (Å²) in [5.41, 5.74) is 0.103. The Balaban J connectivity index is 1.87. The number of nitro benzene ring substituents is 1. The summed E-state index contributed by atoms with van der Waals surface area (Å²) < 4.78 is 15.7. The van der Waals surface area contributed by atoms with Gasteiger partial charge in [0.2, 0.25) is 6.10 Å². The molecule has 9 nitrogen and oxygen atoms in total. The quantitative estimate of drug-likeness (QED) is 0.416. The minimum atomic E-state index is -1.16. The lowest BCUT2D eigenvalue weighted by atomic mass is 10.1. The highest BCUT2D eigenvalue weighted by Gasteiger charge is 2.31. The SMILES string of the molecule is COc1ccc(C(=O)O[C@@H](C(=O)N2CCOCC2)c2ccccc2)cc1[N+](=O)[O-]. The van der Waals surface area contributed by atoms with Crippen molar-refractivity contribution in [1.82, 2.24) is 4.90 Å². The van der Waals surface area contributed by atoms with Gasteiger partial charge in [0.1, 0.15) is 0 Å². The first-order chi connectivity index (χ1) is 14.0. The number of esters is 1. The van der Waals surface area contributed by atoms with E-state index in [0.717, 1.165) is 6.07 Å². The Morgan fingerprint density at radius 3 is 2.45 bits per heavy atom. The second-order valence-corrected chi connectivity index (χ2v) is 6.28. The molecule has 2 aromatic carbocycles. The topological polar surface area (TPSA) is 108 Å². The van der Waals surface area contributed by atoms with Crippen LogP contribution in [0.5, 0.6) is 5.75 Å². The summed E-state index contributed by atoms with van der Waals surface area (Å²) in [6.07, 6.45) is -1.16. The van der Waals surface area contributed by atoms with Crippen molar-refractivity contribution in [2.45, 2.75) is 6.10 Å². The molecule has 0 N–H and O–H groups in total. The minimum absolute atomic E-state index is 0.0237. The van der Waals surface area contributed by atoms with E-state index < -0.39 is 17.0 Å². The monoisotopic (exact) mass is 400 g/mol. The molecule has 1 amide bonds. The van der Waals surface area contributed by atoms with Gasteiger partial charge in [0, 0.05) is 24.7 Å². The van der Waals surface area contributed by atoms with Crippen LogP contribution in [0, 0.1) is 10.1 Å². The fourth-order valence-corrected chi connectivity index (χ4v) is 2.97.